The smallest absolute Gasteiger partial charge is 0.137 e. The van der Waals surface area contributed by atoms with Gasteiger partial charge in [0, 0.05) is 23.9 Å². The van der Waals surface area contributed by atoms with Crippen molar-refractivity contribution in [3.05, 3.63) is 34.9 Å². The van der Waals surface area contributed by atoms with Crippen molar-refractivity contribution in [3.63, 3.8) is 0 Å². The molecular weight excluding hydrogens is 310 g/mol. The lowest BCUT2D eigenvalue weighted by Crippen LogP contribution is -2.19. The molecule has 4 nitrogen and oxygen atoms in total. The summed E-state index contributed by atoms with van der Waals surface area (Å²) in [7, 11) is 0. The van der Waals surface area contributed by atoms with E-state index in [0.717, 1.165) is 41.8 Å². The molecule has 1 atom stereocenters. The lowest BCUT2D eigenvalue weighted by atomic mass is 9.89. The Morgan fingerprint density at radius 2 is 2.17 bits per heavy atom. The number of aliphatic hydroxyl groups is 1. The Morgan fingerprint density at radius 1 is 1.39 bits per heavy atom. The number of rotatable bonds is 3. The van der Waals surface area contributed by atoms with Gasteiger partial charge in [-0.05, 0) is 42.7 Å². The number of nitrogens with zero attached hydrogens (tertiary/aromatic N) is 3. The molecule has 2 aliphatic carbocycles. The molecule has 2 aromatic heterocycles. The van der Waals surface area contributed by atoms with Crippen LogP contribution in [-0.4, -0.2) is 19.9 Å². The van der Waals surface area contributed by atoms with E-state index >= 15 is 0 Å². The molecule has 1 saturated carbocycles. The molecule has 4 rings (SSSR count). The zero-order valence-electron chi connectivity index (χ0n) is 13.4. The van der Waals surface area contributed by atoms with E-state index in [0.29, 0.717) is 10.6 Å². The fraction of sp³-hybridized carbons (Fsp3) is 0.556. The summed E-state index contributed by atoms with van der Waals surface area (Å²) < 4.78 is 2.04. The van der Waals surface area contributed by atoms with Crippen LogP contribution in [0, 0.1) is 5.41 Å². The van der Waals surface area contributed by atoms with E-state index in [1.807, 2.05) is 10.9 Å². The van der Waals surface area contributed by atoms with Crippen LogP contribution in [-0.2, 0) is 13.0 Å². The summed E-state index contributed by atoms with van der Waals surface area (Å²) in [5.41, 5.74) is 4.14. The molecule has 0 spiro atoms. The van der Waals surface area contributed by atoms with Gasteiger partial charge in [-0.25, -0.2) is 4.98 Å². The van der Waals surface area contributed by atoms with Crippen LogP contribution >= 0.6 is 11.6 Å². The summed E-state index contributed by atoms with van der Waals surface area (Å²) in [6.45, 7) is 3.31. The molecule has 0 saturated heterocycles. The fourth-order valence-electron chi connectivity index (χ4n) is 4.03. The molecule has 2 aromatic rings. The van der Waals surface area contributed by atoms with Crippen molar-refractivity contribution < 1.29 is 5.11 Å². The van der Waals surface area contributed by atoms with Crippen molar-refractivity contribution in [2.24, 2.45) is 5.41 Å². The van der Waals surface area contributed by atoms with E-state index in [-0.39, 0.29) is 0 Å². The van der Waals surface area contributed by atoms with Gasteiger partial charge in [-0.1, -0.05) is 31.4 Å². The van der Waals surface area contributed by atoms with E-state index in [1.165, 1.54) is 25.7 Å². The number of aromatic nitrogens is 3. The van der Waals surface area contributed by atoms with Crippen LogP contribution in [0.25, 0.3) is 11.1 Å². The summed E-state index contributed by atoms with van der Waals surface area (Å²) in [5, 5.41) is 14.9. The normalized spacial score (nSPS) is 22.5. The number of aryl methyl sites for hydroxylation is 1. The summed E-state index contributed by atoms with van der Waals surface area (Å²) in [6, 6.07) is 2.07. The molecule has 0 aliphatic heterocycles. The molecule has 2 heterocycles. The highest BCUT2D eigenvalue weighted by molar-refractivity contribution is 6.32. The molecule has 0 aromatic carbocycles. The first-order chi connectivity index (χ1) is 11.0. The van der Waals surface area contributed by atoms with E-state index < -0.39 is 6.10 Å². The summed E-state index contributed by atoms with van der Waals surface area (Å²) in [6.07, 6.45) is 10.3. The molecule has 1 unspecified atom stereocenters. The Kier molecular flexibility index (Phi) is 3.69. The van der Waals surface area contributed by atoms with Gasteiger partial charge in [0.25, 0.3) is 0 Å². The second-order valence-corrected chi connectivity index (χ2v) is 7.73. The zero-order valence-corrected chi connectivity index (χ0v) is 14.2. The number of hydrogen-bond donors (Lipinski definition) is 1. The molecule has 0 radical (unpaired) electrons. The maximum atomic E-state index is 9.92. The number of aliphatic hydroxyl groups excluding tert-OH is 1. The highest BCUT2D eigenvalue weighted by atomic mass is 35.5. The minimum absolute atomic E-state index is 0.368. The predicted octanol–water partition coefficient (Wildman–Crippen LogP) is 4.16. The monoisotopic (exact) mass is 331 g/mol. The van der Waals surface area contributed by atoms with Crippen LogP contribution < -0.4 is 0 Å². The van der Waals surface area contributed by atoms with Crippen molar-refractivity contribution in [1.82, 2.24) is 14.8 Å². The number of halogens is 1. The van der Waals surface area contributed by atoms with E-state index in [1.54, 1.807) is 0 Å². The summed E-state index contributed by atoms with van der Waals surface area (Å²) in [4.78, 5) is 4.42. The van der Waals surface area contributed by atoms with Crippen LogP contribution in [0.4, 0.5) is 0 Å². The second kappa shape index (κ2) is 5.60. The Hall–Kier alpha value is -1.39. The zero-order chi connectivity index (χ0) is 16.0. The summed E-state index contributed by atoms with van der Waals surface area (Å²) >= 11 is 6.36. The van der Waals surface area contributed by atoms with Crippen LogP contribution in [0.5, 0.6) is 0 Å². The average molecular weight is 332 g/mol. The van der Waals surface area contributed by atoms with Crippen LogP contribution in [0.2, 0.25) is 5.15 Å². The lowest BCUT2D eigenvalue weighted by molar-refractivity contribution is 0.176. The van der Waals surface area contributed by atoms with Crippen LogP contribution in [0.15, 0.2) is 18.5 Å². The van der Waals surface area contributed by atoms with E-state index in [2.05, 4.69) is 29.3 Å². The maximum Gasteiger partial charge on any atom is 0.137 e. The third kappa shape index (κ3) is 2.79. The first kappa shape index (κ1) is 15.2. The third-order valence-electron chi connectivity index (χ3n) is 5.39. The highest BCUT2D eigenvalue weighted by Gasteiger charge is 2.29. The average Bonchev–Trinajstić information content (AvgIpc) is 3.22. The molecule has 1 N–H and O–H groups in total. The first-order valence-electron chi connectivity index (χ1n) is 8.44. The van der Waals surface area contributed by atoms with Gasteiger partial charge in [0.15, 0.2) is 0 Å². The van der Waals surface area contributed by atoms with Crippen molar-refractivity contribution in [2.45, 2.75) is 58.1 Å². The topological polar surface area (TPSA) is 50.9 Å². The van der Waals surface area contributed by atoms with Gasteiger partial charge in [-0.3, -0.25) is 4.68 Å². The van der Waals surface area contributed by atoms with E-state index in [4.69, 9.17) is 11.6 Å². The molecule has 23 heavy (non-hydrogen) atoms. The molecule has 0 bridgehead atoms. The van der Waals surface area contributed by atoms with E-state index in [9.17, 15) is 5.11 Å². The van der Waals surface area contributed by atoms with Crippen LogP contribution in [0.1, 0.15) is 56.4 Å². The van der Waals surface area contributed by atoms with Gasteiger partial charge in [-0.15, -0.1) is 0 Å². The Labute approximate surface area is 141 Å². The first-order valence-corrected chi connectivity index (χ1v) is 8.82. The van der Waals surface area contributed by atoms with Gasteiger partial charge in [0.2, 0.25) is 0 Å². The highest BCUT2D eigenvalue weighted by Crippen LogP contribution is 2.39. The van der Waals surface area contributed by atoms with Gasteiger partial charge in [-0.2, -0.15) is 5.10 Å². The molecular formula is C18H22ClN3O. The lowest BCUT2D eigenvalue weighted by Gasteiger charge is -2.22. The number of pyridine rings is 1. The molecule has 1 fully saturated rings. The van der Waals surface area contributed by atoms with Crippen molar-refractivity contribution in [1.29, 1.82) is 0 Å². The minimum atomic E-state index is -0.471. The van der Waals surface area contributed by atoms with Gasteiger partial charge < -0.3 is 5.11 Å². The van der Waals surface area contributed by atoms with Crippen molar-refractivity contribution in [2.75, 3.05) is 0 Å². The molecule has 2 aliphatic rings. The molecule has 0 amide bonds. The largest absolute Gasteiger partial charge is 0.387 e. The van der Waals surface area contributed by atoms with Gasteiger partial charge in [0.05, 0.1) is 18.0 Å². The second-order valence-electron chi connectivity index (χ2n) is 7.37. The Balaban J connectivity index is 1.62. The van der Waals surface area contributed by atoms with Crippen molar-refractivity contribution in [3.8, 4) is 11.1 Å². The molecule has 122 valence electrons. The fourth-order valence-corrected chi connectivity index (χ4v) is 4.29. The maximum absolute atomic E-state index is 9.92. The summed E-state index contributed by atoms with van der Waals surface area (Å²) in [5.74, 6) is 0. The third-order valence-corrected chi connectivity index (χ3v) is 5.68. The quantitative estimate of drug-likeness (QED) is 0.859. The standard InChI is InChI=1S/C18H22ClN3O/c1-18(6-2-3-7-18)11-22-10-13(9-20-22)14-8-12-4-5-15(23)16(12)21-17(14)19/h8-10,15,23H,2-7,11H2,1H3. The SMILES string of the molecule is CC1(Cn2cc(-c3cc4c(nc3Cl)C(O)CC4)cn2)CCCC1. The molecule has 5 heteroatoms. The predicted molar refractivity (Wildman–Crippen MR) is 90.3 cm³/mol. The Bertz CT molecular complexity index is 734. The van der Waals surface area contributed by atoms with Gasteiger partial charge >= 0.3 is 0 Å². The number of fused-ring (bicyclic) bond motifs is 1. The van der Waals surface area contributed by atoms with Crippen molar-refractivity contribution >= 4 is 11.6 Å². The van der Waals surface area contributed by atoms with Crippen LogP contribution in [0.3, 0.4) is 0 Å². The Morgan fingerprint density at radius 3 is 2.96 bits per heavy atom. The number of hydrogen-bond acceptors (Lipinski definition) is 3. The minimum Gasteiger partial charge on any atom is -0.387 e. The van der Waals surface area contributed by atoms with Gasteiger partial charge in [0.1, 0.15) is 5.15 Å².